The van der Waals surface area contributed by atoms with Crippen LogP contribution in [0.15, 0.2) is 11.7 Å². The lowest BCUT2D eigenvalue weighted by atomic mass is 9.99. The number of anilines is 1. The van der Waals surface area contributed by atoms with Gasteiger partial charge in [-0.15, -0.1) is 0 Å². The number of aromatic nitrogens is 3. The van der Waals surface area contributed by atoms with E-state index in [4.69, 9.17) is 0 Å². The van der Waals surface area contributed by atoms with Gasteiger partial charge in [-0.05, 0) is 18.2 Å². The predicted octanol–water partition coefficient (Wildman–Crippen LogP) is 2.71. The Labute approximate surface area is 111 Å². The van der Waals surface area contributed by atoms with E-state index in [1.54, 1.807) is 11.8 Å². The summed E-state index contributed by atoms with van der Waals surface area (Å²) in [6.45, 7) is 7.17. The minimum absolute atomic E-state index is 0.812. The summed E-state index contributed by atoms with van der Waals surface area (Å²) >= 11 is 1.57. The van der Waals surface area contributed by atoms with Crippen molar-refractivity contribution in [2.24, 2.45) is 0 Å². The lowest BCUT2D eigenvalue weighted by Crippen LogP contribution is -2.24. The average Bonchev–Trinajstić information content (AvgIpc) is 2.74. The standard InChI is InChI=1S/C13H16N4S/c1-5-8-9-7(2)6-17(3)12-10(9)11(14-8)15-13(16-12)18-4/h2,5-6H2,1,3-4H3,(H,14,15,16). The number of nitrogens with zero attached hydrogens (tertiary/aromatic N) is 3. The van der Waals surface area contributed by atoms with Crippen LogP contribution in [0.4, 0.5) is 5.82 Å². The molecule has 0 unspecified atom stereocenters. The highest BCUT2D eigenvalue weighted by Gasteiger charge is 2.26. The van der Waals surface area contributed by atoms with Crippen molar-refractivity contribution in [3.8, 4) is 0 Å². The van der Waals surface area contributed by atoms with Crippen LogP contribution in [0.2, 0.25) is 0 Å². The Kier molecular flexibility index (Phi) is 2.59. The summed E-state index contributed by atoms with van der Waals surface area (Å²) in [5.74, 6) is 1.02. The number of nitrogens with one attached hydrogen (secondary N) is 1. The zero-order valence-electron chi connectivity index (χ0n) is 10.9. The van der Waals surface area contributed by atoms with E-state index in [-0.39, 0.29) is 0 Å². The molecule has 1 aliphatic rings. The molecule has 18 heavy (non-hydrogen) atoms. The highest BCUT2D eigenvalue weighted by atomic mass is 32.2. The van der Waals surface area contributed by atoms with Crippen molar-refractivity contribution in [2.75, 3.05) is 24.7 Å². The van der Waals surface area contributed by atoms with Crippen molar-refractivity contribution in [2.45, 2.75) is 18.5 Å². The predicted molar refractivity (Wildman–Crippen MR) is 77.4 cm³/mol. The third-order valence-corrected chi connectivity index (χ3v) is 3.92. The van der Waals surface area contributed by atoms with Gasteiger partial charge in [-0.25, -0.2) is 9.97 Å². The molecule has 0 saturated heterocycles. The van der Waals surface area contributed by atoms with E-state index in [2.05, 4.69) is 40.4 Å². The molecular weight excluding hydrogens is 244 g/mol. The Morgan fingerprint density at radius 2 is 2.22 bits per heavy atom. The Bertz CT molecular complexity index is 644. The van der Waals surface area contributed by atoms with Crippen LogP contribution in [-0.2, 0) is 6.42 Å². The van der Waals surface area contributed by atoms with Crippen LogP contribution < -0.4 is 4.90 Å². The monoisotopic (exact) mass is 260 g/mol. The summed E-state index contributed by atoms with van der Waals surface area (Å²) in [6.07, 6.45) is 2.96. The zero-order chi connectivity index (χ0) is 12.9. The molecule has 1 aliphatic heterocycles. The number of aryl methyl sites for hydroxylation is 1. The fourth-order valence-corrected chi connectivity index (χ4v) is 2.93. The number of rotatable bonds is 2. The van der Waals surface area contributed by atoms with Crippen molar-refractivity contribution in [1.29, 1.82) is 0 Å². The quantitative estimate of drug-likeness (QED) is 0.666. The molecule has 0 fully saturated rings. The Morgan fingerprint density at radius 3 is 2.89 bits per heavy atom. The lowest BCUT2D eigenvalue weighted by molar-refractivity contribution is 0.926. The molecule has 0 atom stereocenters. The summed E-state index contributed by atoms with van der Waals surface area (Å²) in [5, 5.41) is 1.94. The molecule has 0 aromatic carbocycles. The molecule has 0 bridgehead atoms. The number of likely N-dealkylation sites (N-methyl/N-ethyl adjacent to an activating group) is 1. The van der Waals surface area contributed by atoms with Crippen molar-refractivity contribution in [3.05, 3.63) is 17.8 Å². The molecule has 0 amide bonds. The SMILES string of the molecule is C=C1CN(C)c2nc(SC)nc3[nH]c(CC)c1c23. The van der Waals surface area contributed by atoms with Gasteiger partial charge in [0.25, 0.3) is 0 Å². The Balaban J connectivity index is 2.42. The summed E-state index contributed by atoms with van der Waals surface area (Å²) in [4.78, 5) is 14.8. The van der Waals surface area contributed by atoms with Crippen LogP contribution >= 0.6 is 11.8 Å². The molecule has 0 spiro atoms. The number of hydrogen-bond acceptors (Lipinski definition) is 4. The second kappa shape index (κ2) is 4.02. The number of H-pyrrole nitrogens is 1. The van der Waals surface area contributed by atoms with Crippen molar-refractivity contribution < 1.29 is 0 Å². The highest BCUT2D eigenvalue weighted by molar-refractivity contribution is 7.98. The Morgan fingerprint density at radius 1 is 1.44 bits per heavy atom. The smallest absolute Gasteiger partial charge is 0.191 e. The van der Waals surface area contributed by atoms with E-state index < -0.39 is 0 Å². The summed E-state index contributed by atoms with van der Waals surface area (Å²) < 4.78 is 0. The van der Waals surface area contributed by atoms with Gasteiger partial charge in [0, 0.05) is 24.8 Å². The average molecular weight is 260 g/mol. The maximum atomic E-state index is 4.63. The Hall–Kier alpha value is -1.49. The van der Waals surface area contributed by atoms with Crippen LogP contribution in [0.25, 0.3) is 16.6 Å². The molecule has 3 heterocycles. The van der Waals surface area contributed by atoms with Crippen LogP contribution in [-0.4, -0.2) is 34.8 Å². The number of aromatic amines is 1. The van der Waals surface area contributed by atoms with Gasteiger partial charge in [0.05, 0.1) is 5.39 Å². The molecule has 94 valence electrons. The third-order valence-electron chi connectivity index (χ3n) is 3.37. The molecule has 3 rings (SSSR count). The van der Waals surface area contributed by atoms with E-state index in [0.29, 0.717) is 0 Å². The van der Waals surface area contributed by atoms with Gasteiger partial charge in [0.2, 0.25) is 0 Å². The van der Waals surface area contributed by atoms with Gasteiger partial charge in [-0.3, -0.25) is 0 Å². The summed E-state index contributed by atoms with van der Waals surface area (Å²) in [5.41, 5.74) is 4.53. The molecule has 5 heteroatoms. The van der Waals surface area contributed by atoms with Gasteiger partial charge >= 0.3 is 0 Å². The topological polar surface area (TPSA) is 44.8 Å². The van der Waals surface area contributed by atoms with Crippen LogP contribution in [0, 0.1) is 0 Å². The molecule has 0 aliphatic carbocycles. The third kappa shape index (κ3) is 1.47. The molecule has 0 saturated carbocycles. The second-order valence-electron chi connectivity index (χ2n) is 4.55. The molecule has 2 aromatic heterocycles. The minimum atomic E-state index is 0.812. The van der Waals surface area contributed by atoms with Crippen LogP contribution in [0.3, 0.4) is 0 Å². The normalized spacial score (nSPS) is 14.6. The van der Waals surface area contributed by atoms with E-state index in [0.717, 1.165) is 40.5 Å². The first kappa shape index (κ1) is 11.6. The van der Waals surface area contributed by atoms with Crippen molar-refractivity contribution in [3.63, 3.8) is 0 Å². The maximum Gasteiger partial charge on any atom is 0.191 e. The van der Waals surface area contributed by atoms with Gasteiger partial charge in [0.15, 0.2) is 5.16 Å². The first-order chi connectivity index (χ1) is 8.65. The van der Waals surface area contributed by atoms with E-state index in [9.17, 15) is 0 Å². The molecule has 1 N–H and O–H groups in total. The number of thioether (sulfide) groups is 1. The van der Waals surface area contributed by atoms with E-state index in [1.165, 1.54) is 11.3 Å². The van der Waals surface area contributed by atoms with Gasteiger partial charge in [-0.2, -0.15) is 0 Å². The largest absolute Gasteiger partial charge is 0.355 e. The number of hydrogen-bond donors (Lipinski definition) is 1. The summed E-state index contributed by atoms with van der Waals surface area (Å²) in [7, 11) is 2.05. The van der Waals surface area contributed by atoms with Crippen molar-refractivity contribution >= 4 is 34.2 Å². The molecule has 0 radical (unpaired) electrons. The van der Waals surface area contributed by atoms with Gasteiger partial charge in [-0.1, -0.05) is 25.3 Å². The first-order valence-electron chi connectivity index (χ1n) is 6.01. The zero-order valence-corrected chi connectivity index (χ0v) is 11.7. The highest BCUT2D eigenvalue weighted by Crippen LogP contribution is 2.38. The summed E-state index contributed by atoms with van der Waals surface area (Å²) in [6, 6.07) is 0. The first-order valence-corrected chi connectivity index (χ1v) is 7.24. The van der Waals surface area contributed by atoms with E-state index in [1.807, 2.05) is 6.26 Å². The maximum absolute atomic E-state index is 4.63. The minimum Gasteiger partial charge on any atom is -0.355 e. The van der Waals surface area contributed by atoms with Crippen LogP contribution in [0.1, 0.15) is 18.2 Å². The fraction of sp³-hybridized carbons (Fsp3) is 0.385. The fourth-order valence-electron chi connectivity index (χ4n) is 2.57. The lowest BCUT2D eigenvalue weighted by Gasteiger charge is -2.26. The van der Waals surface area contributed by atoms with E-state index >= 15 is 0 Å². The second-order valence-corrected chi connectivity index (χ2v) is 5.32. The molecule has 2 aromatic rings. The van der Waals surface area contributed by atoms with Crippen LogP contribution in [0.5, 0.6) is 0 Å². The van der Waals surface area contributed by atoms with Gasteiger partial charge in [0.1, 0.15) is 11.5 Å². The van der Waals surface area contributed by atoms with Crippen molar-refractivity contribution in [1.82, 2.24) is 15.0 Å². The van der Waals surface area contributed by atoms with Gasteiger partial charge < -0.3 is 9.88 Å². The molecular formula is C13H16N4S. The molecule has 4 nitrogen and oxygen atoms in total.